The summed E-state index contributed by atoms with van der Waals surface area (Å²) in [5.74, 6) is -1.61. The van der Waals surface area contributed by atoms with Crippen LogP contribution in [0.15, 0.2) is 29.8 Å². The van der Waals surface area contributed by atoms with Gasteiger partial charge in [-0.25, -0.2) is 0 Å². The van der Waals surface area contributed by atoms with Crippen LogP contribution in [0.1, 0.15) is 108 Å². The van der Waals surface area contributed by atoms with Gasteiger partial charge in [-0.05, 0) is 47.5 Å². The standard InChI is InChI=1S/C20H38O7S.C10H9.Al.Na.3H/c1-5-9-11-16(7-3)14-26-19(21)13-18(28(23,24)25)20(22)27-15-17(8-4)12-10-6-2;1-8-6-9-4-2-3-5-10(9)7-8;;;;;/h16-18H,5-15H2,1-4H3,(H,23,24,25);2-7H,1H3;;;;;. The zero-order valence-corrected chi connectivity index (χ0v) is 27.6. The molecular formula is C30H50AlNaO7S. The quantitative estimate of drug-likeness (QED) is 0.155. The molecule has 0 aliphatic heterocycles. The summed E-state index contributed by atoms with van der Waals surface area (Å²) in [4.78, 5) is 24.2. The Hall–Kier alpha value is -0.658. The third-order valence-corrected chi connectivity index (χ3v) is 10.1. The van der Waals surface area contributed by atoms with Gasteiger partial charge >= 0.3 is 41.5 Å². The summed E-state index contributed by atoms with van der Waals surface area (Å²) in [5.41, 5.74) is 4.51. The predicted octanol–water partition coefficient (Wildman–Crippen LogP) is 5.28. The molecular weight excluding hydrogens is 554 g/mol. The first kappa shape index (κ1) is 39.3. The number of unbranched alkanes of at least 4 members (excludes halogenated alkanes) is 2. The second-order valence-corrected chi connectivity index (χ2v) is 13.3. The van der Waals surface area contributed by atoms with Gasteiger partial charge in [0.25, 0.3) is 10.1 Å². The van der Waals surface area contributed by atoms with E-state index in [1.54, 1.807) is 0 Å². The number of hydrogen-bond donors (Lipinski definition) is 1. The molecule has 0 saturated heterocycles. The minimum absolute atomic E-state index is 0. The van der Waals surface area contributed by atoms with Crippen LogP contribution in [0.5, 0.6) is 0 Å². The van der Waals surface area contributed by atoms with Crippen molar-refractivity contribution >= 4 is 74.0 Å². The van der Waals surface area contributed by atoms with Gasteiger partial charge in [-0.15, -0.1) is 0 Å². The van der Waals surface area contributed by atoms with Crippen LogP contribution >= 0.6 is 0 Å². The molecule has 222 valence electrons. The van der Waals surface area contributed by atoms with Gasteiger partial charge in [0.2, 0.25) is 16.3 Å². The molecule has 1 aliphatic rings. The number of allylic oxidation sites excluding steroid dienone is 1. The number of benzene rings is 1. The zero-order chi connectivity index (χ0) is 29.4. The molecule has 0 aromatic heterocycles. The Morgan fingerprint density at radius 1 is 0.950 bits per heavy atom. The summed E-state index contributed by atoms with van der Waals surface area (Å²) in [6.07, 6.45) is 9.05. The van der Waals surface area contributed by atoms with Crippen LogP contribution < -0.4 is 0 Å². The number of carbonyl (C=O) groups is 2. The van der Waals surface area contributed by atoms with Crippen LogP contribution in [0, 0.1) is 11.8 Å². The van der Waals surface area contributed by atoms with Gasteiger partial charge in [-0.2, -0.15) is 8.42 Å². The summed E-state index contributed by atoms with van der Waals surface area (Å²) >= 11 is 1.24. The number of fused-ring (bicyclic) bond motifs is 1. The molecule has 7 nitrogen and oxygen atoms in total. The van der Waals surface area contributed by atoms with Crippen molar-refractivity contribution in [3.63, 3.8) is 0 Å². The molecule has 1 aromatic carbocycles. The van der Waals surface area contributed by atoms with E-state index in [2.05, 4.69) is 51.1 Å². The van der Waals surface area contributed by atoms with E-state index >= 15 is 0 Å². The summed E-state index contributed by atoms with van der Waals surface area (Å²) in [7, 11) is -4.76. The van der Waals surface area contributed by atoms with Crippen LogP contribution in [-0.2, 0) is 29.2 Å². The van der Waals surface area contributed by atoms with Gasteiger partial charge in [0.05, 0.1) is 19.6 Å². The molecule has 0 radical (unpaired) electrons. The normalized spacial score (nSPS) is 16.2. The number of rotatable bonds is 16. The fourth-order valence-corrected chi connectivity index (χ4v) is 5.82. The fourth-order valence-electron chi connectivity index (χ4n) is 4.47. The Kier molecular flexibility index (Phi) is 20.8. The van der Waals surface area contributed by atoms with E-state index in [-0.39, 0.29) is 54.6 Å². The molecule has 2 rings (SSSR count). The molecule has 40 heavy (non-hydrogen) atoms. The summed E-state index contributed by atoms with van der Waals surface area (Å²) in [5, 5.41) is -1.95. The molecule has 1 N–H and O–H groups in total. The Labute approximate surface area is 272 Å². The van der Waals surface area contributed by atoms with Gasteiger partial charge in [0.1, 0.15) is 0 Å². The molecule has 0 bridgehead atoms. The van der Waals surface area contributed by atoms with Gasteiger partial charge in [-0.3, -0.25) is 14.1 Å². The van der Waals surface area contributed by atoms with Crippen molar-refractivity contribution in [3.8, 4) is 0 Å². The second-order valence-electron chi connectivity index (χ2n) is 10.6. The third-order valence-electron chi connectivity index (χ3n) is 7.53. The van der Waals surface area contributed by atoms with Gasteiger partial charge in [-0.1, -0.05) is 102 Å². The molecule has 4 atom stereocenters. The van der Waals surface area contributed by atoms with E-state index in [4.69, 9.17) is 9.47 Å². The van der Waals surface area contributed by atoms with Crippen molar-refractivity contribution in [1.82, 2.24) is 0 Å². The van der Waals surface area contributed by atoms with Crippen molar-refractivity contribution in [1.29, 1.82) is 0 Å². The van der Waals surface area contributed by atoms with Gasteiger partial charge < -0.3 is 9.47 Å². The van der Waals surface area contributed by atoms with E-state index in [9.17, 15) is 22.6 Å². The van der Waals surface area contributed by atoms with Crippen molar-refractivity contribution in [2.45, 2.75) is 102 Å². The van der Waals surface area contributed by atoms with Crippen molar-refractivity contribution in [2.75, 3.05) is 13.2 Å². The van der Waals surface area contributed by atoms with Crippen LogP contribution in [0.25, 0.3) is 6.08 Å². The van der Waals surface area contributed by atoms with Crippen molar-refractivity contribution in [2.24, 2.45) is 11.8 Å². The maximum absolute atomic E-state index is 12.2. The fraction of sp³-hybridized carbons (Fsp3) is 0.667. The summed E-state index contributed by atoms with van der Waals surface area (Å²) in [6, 6.07) is 8.70. The number of ether oxygens (including phenoxy) is 2. The zero-order valence-electron chi connectivity index (χ0n) is 24.8. The van der Waals surface area contributed by atoms with E-state index in [1.807, 2.05) is 13.8 Å². The maximum atomic E-state index is 12.2. The number of carbonyl (C=O) groups excluding carboxylic acids is 2. The molecule has 1 aromatic rings. The van der Waals surface area contributed by atoms with Gasteiger partial charge in [0, 0.05) is 0 Å². The Morgan fingerprint density at radius 3 is 1.95 bits per heavy atom. The van der Waals surface area contributed by atoms with Gasteiger partial charge in [0.15, 0.2) is 5.25 Å². The van der Waals surface area contributed by atoms with Crippen LogP contribution in [0.3, 0.4) is 0 Å². The monoisotopic (exact) mass is 604 g/mol. The Balaban J connectivity index is 0.00000104. The molecule has 10 heteroatoms. The SMILES string of the molecule is CC1=Cc2ccccc2[CH]1[AlH2].CCCCC(CC)COC(=O)CC(C(=O)OCC(CC)CCCC)S(=O)(=O)O.[NaH]. The molecule has 0 spiro atoms. The Bertz CT molecular complexity index is 1030. The van der Waals surface area contributed by atoms with Crippen LogP contribution in [-0.4, -0.2) is 89.2 Å². The Morgan fingerprint density at radius 2 is 1.48 bits per heavy atom. The van der Waals surface area contributed by atoms with Crippen molar-refractivity contribution < 1.29 is 32.0 Å². The van der Waals surface area contributed by atoms with E-state index in [1.165, 1.54) is 33.0 Å². The first-order chi connectivity index (χ1) is 18.5. The van der Waals surface area contributed by atoms with E-state index < -0.39 is 33.7 Å². The topological polar surface area (TPSA) is 107 Å². The van der Waals surface area contributed by atoms with E-state index in [0.717, 1.165) is 56.1 Å². The van der Waals surface area contributed by atoms with Crippen LogP contribution in [0.2, 0.25) is 0 Å². The third kappa shape index (κ3) is 14.5. The summed E-state index contributed by atoms with van der Waals surface area (Å²) < 4.78 is 43.5. The molecule has 1 aliphatic carbocycles. The summed E-state index contributed by atoms with van der Waals surface area (Å²) in [6.45, 7) is 10.6. The first-order valence-corrected chi connectivity index (χ1v) is 17.2. The van der Waals surface area contributed by atoms with Crippen molar-refractivity contribution in [3.05, 3.63) is 41.0 Å². The van der Waals surface area contributed by atoms with E-state index in [0.29, 0.717) is 0 Å². The number of esters is 2. The molecule has 0 heterocycles. The number of hydrogen-bond acceptors (Lipinski definition) is 6. The minimum atomic E-state index is -4.76. The average Bonchev–Trinajstić information content (AvgIpc) is 3.20. The molecule has 0 saturated carbocycles. The second kappa shape index (κ2) is 21.1. The average molecular weight is 605 g/mol. The molecule has 0 fully saturated rings. The molecule has 4 unspecified atom stereocenters. The molecule has 0 amide bonds. The predicted molar refractivity (Wildman–Crippen MR) is 167 cm³/mol. The van der Waals surface area contributed by atoms with Crippen LogP contribution in [0.4, 0.5) is 0 Å². The first-order valence-electron chi connectivity index (χ1n) is 14.5.